The van der Waals surface area contributed by atoms with Crippen LogP contribution in [0, 0.1) is 12.8 Å². The lowest BCUT2D eigenvalue weighted by atomic mass is 9.98. The highest BCUT2D eigenvalue weighted by molar-refractivity contribution is 5.25. The monoisotopic (exact) mass is 233 g/mol. The largest absolute Gasteiger partial charge is 0.396 e. The SMILES string of the molecule is Cc1ccccc1CCN1CCCC(CO)C1. The molecule has 94 valence electrons. The summed E-state index contributed by atoms with van der Waals surface area (Å²) in [5.41, 5.74) is 2.85. The highest BCUT2D eigenvalue weighted by Gasteiger charge is 2.18. The molecule has 1 saturated heterocycles. The van der Waals surface area contributed by atoms with E-state index in [0.29, 0.717) is 12.5 Å². The van der Waals surface area contributed by atoms with E-state index in [-0.39, 0.29) is 0 Å². The van der Waals surface area contributed by atoms with Gasteiger partial charge in [-0.2, -0.15) is 0 Å². The molecule has 1 aliphatic rings. The molecule has 0 spiro atoms. The Bertz CT molecular complexity index is 351. The number of benzene rings is 1. The fourth-order valence-corrected chi connectivity index (χ4v) is 2.67. The second-order valence-corrected chi connectivity index (χ2v) is 5.17. The minimum absolute atomic E-state index is 0.348. The molecule has 1 N–H and O–H groups in total. The third kappa shape index (κ3) is 3.55. The van der Waals surface area contributed by atoms with E-state index in [1.807, 2.05) is 0 Å². The van der Waals surface area contributed by atoms with Gasteiger partial charge < -0.3 is 10.0 Å². The molecule has 1 aromatic rings. The maximum absolute atomic E-state index is 9.21. The van der Waals surface area contributed by atoms with Crippen LogP contribution >= 0.6 is 0 Å². The normalized spacial score (nSPS) is 21.6. The van der Waals surface area contributed by atoms with Crippen LogP contribution in [0.4, 0.5) is 0 Å². The van der Waals surface area contributed by atoms with Crippen LogP contribution in [0.5, 0.6) is 0 Å². The topological polar surface area (TPSA) is 23.5 Å². The molecule has 1 heterocycles. The van der Waals surface area contributed by atoms with Gasteiger partial charge in [0.05, 0.1) is 0 Å². The summed E-state index contributed by atoms with van der Waals surface area (Å²) in [6.45, 7) is 5.93. The van der Waals surface area contributed by atoms with Crippen molar-refractivity contribution in [1.82, 2.24) is 4.90 Å². The quantitative estimate of drug-likeness (QED) is 0.862. The van der Waals surface area contributed by atoms with Gasteiger partial charge in [-0.1, -0.05) is 24.3 Å². The van der Waals surface area contributed by atoms with Gasteiger partial charge in [0.1, 0.15) is 0 Å². The zero-order chi connectivity index (χ0) is 12.1. The van der Waals surface area contributed by atoms with Gasteiger partial charge in [-0.25, -0.2) is 0 Å². The summed E-state index contributed by atoms with van der Waals surface area (Å²) in [5.74, 6) is 0.501. The minimum atomic E-state index is 0.348. The molecule has 0 bridgehead atoms. The highest BCUT2D eigenvalue weighted by Crippen LogP contribution is 2.16. The second kappa shape index (κ2) is 6.18. The average molecular weight is 233 g/mol. The Morgan fingerprint density at radius 3 is 2.94 bits per heavy atom. The third-order valence-corrected chi connectivity index (χ3v) is 3.82. The van der Waals surface area contributed by atoms with Gasteiger partial charge in [0.2, 0.25) is 0 Å². The molecule has 2 heteroatoms. The first kappa shape index (κ1) is 12.6. The number of hydrogen-bond acceptors (Lipinski definition) is 2. The summed E-state index contributed by atoms with van der Waals surface area (Å²) in [4.78, 5) is 2.50. The number of aryl methyl sites for hydroxylation is 1. The third-order valence-electron chi connectivity index (χ3n) is 3.82. The zero-order valence-corrected chi connectivity index (χ0v) is 10.7. The smallest absolute Gasteiger partial charge is 0.0471 e. The molecule has 0 saturated carbocycles. The maximum Gasteiger partial charge on any atom is 0.0471 e. The van der Waals surface area contributed by atoms with E-state index in [1.54, 1.807) is 0 Å². The van der Waals surface area contributed by atoms with Crippen molar-refractivity contribution in [3.8, 4) is 0 Å². The minimum Gasteiger partial charge on any atom is -0.396 e. The van der Waals surface area contributed by atoms with Gasteiger partial charge in [-0.05, 0) is 49.8 Å². The Balaban J connectivity index is 1.84. The fourth-order valence-electron chi connectivity index (χ4n) is 2.67. The van der Waals surface area contributed by atoms with Crippen LogP contribution in [0.3, 0.4) is 0 Å². The molecule has 0 aliphatic carbocycles. The lowest BCUT2D eigenvalue weighted by molar-refractivity contribution is 0.121. The van der Waals surface area contributed by atoms with E-state index in [9.17, 15) is 5.11 Å². The Morgan fingerprint density at radius 1 is 1.35 bits per heavy atom. The summed E-state index contributed by atoms with van der Waals surface area (Å²) in [6, 6.07) is 8.63. The predicted molar refractivity (Wildman–Crippen MR) is 71.1 cm³/mol. The summed E-state index contributed by atoms with van der Waals surface area (Å²) in [5, 5.41) is 9.21. The van der Waals surface area contributed by atoms with Crippen LogP contribution in [-0.4, -0.2) is 36.2 Å². The van der Waals surface area contributed by atoms with Gasteiger partial charge in [-0.15, -0.1) is 0 Å². The lowest BCUT2D eigenvalue weighted by Gasteiger charge is -2.31. The van der Waals surface area contributed by atoms with Gasteiger partial charge in [0, 0.05) is 19.7 Å². The molecule has 1 fully saturated rings. The molecule has 1 unspecified atom stereocenters. The number of aliphatic hydroxyl groups excluding tert-OH is 1. The molecule has 17 heavy (non-hydrogen) atoms. The number of piperidine rings is 1. The molecule has 0 radical (unpaired) electrons. The number of rotatable bonds is 4. The van der Waals surface area contributed by atoms with E-state index < -0.39 is 0 Å². The number of nitrogens with zero attached hydrogens (tertiary/aromatic N) is 1. The Morgan fingerprint density at radius 2 is 2.18 bits per heavy atom. The molecule has 1 atom stereocenters. The van der Waals surface area contributed by atoms with Gasteiger partial charge in [0.15, 0.2) is 0 Å². The van der Waals surface area contributed by atoms with Crippen LogP contribution in [0.15, 0.2) is 24.3 Å². The lowest BCUT2D eigenvalue weighted by Crippen LogP contribution is -2.38. The maximum atomic E-state index is 9.21. The molecule has 0 aromatic heterocycles. The standard InChI is InChI=1S/C15H23NO/c1-13-5-2-3-7-15(13)8-10-16-9-4-6-14(11-16)12-17/h2-3,5,7,14,17H,4,6,8-12H2,1H3. The van der Waals surface area contributed by atoms with Crippen molar-refractivity contribution in [2.75, 3.05) is 26.2 Å². The number of hydrogen-bond donors (Lipinski definition) is 1. The molecule has 2 nitrogen and oxygen atoms in total. The first-order valence-corrected chi connectivity index (χ1v) is 6.67. The van der Waals surface area contributed by atoms with Crippen molar-refractivity contribution >= 4 is 0 Å². The second-order valence-electron chi connectivity index (χ2n) is 5.17. The predicted octanol–water partition coefficient (Wildman–Crippen LogP) is 2.24. The van der Waals surface area contributed by atoms with Crippen molar-refractivity contribution in [2.45, 2.75) is 26.2 Å². The van der Waals surface area contributed by atoms with E-state index in [4.69, 9.17) is 0 Å². The Hall–Kier alpha value is -0.860. The summed E-state index contributed by atoms with van der Waals surface area (Å²) in [7, 11) is 0. The van der Waals surface area contributed by atoms with Gasteiger partial charge in [-0.3, -0.25) is 0 Å². The van der Waals surface area contributed by atoms with Crippen molar-refractivity contribution in [3.63, 3.8) is 0 Å². The molecule has 0 amide bonds. The first-order valence-electron chi connectivity index (χ1n) is 6.67. The fraction of sp³-hybridized carbons (Fsp3) is 0.600. The Labute approximate surface area is 104 Å². The van der Waals surface area contributed by atoms with Crippen LogP contribution < -0.4 is 0 Å². The highest BCUT2D eigenvalue weighted by atomic mass is 16.3. The van der Waals surface area contributed by atoms with Crippen LogP contribution in [0.1, 0.15) is 24.0 Å². The van der Waals surface area contributed by atoms with Crippen molar-refractivity contribution < 1.29 is 5.11 Å². The molecular formula is C15H23NO. The van der Waals surface area contributed by atoms with E-state index >= 15 is 0 Å². The van der Waals surface area contributed by atoms with Crippen LogP contribution in [0.2, 0.25) is 0 Å². The number of likely N-dealkylation sites (tertiary alicyclic amines) is 1. The molecular weight excluding hydrogens is 210 g/mol. The van der Waals surface area contributed by atoms with E-state index in [1.165, 1.54) is 30.5 Å². The van der Waals surface area contributed by atoms with Crippen LogP contribution in [-0.2, 0) is 6.42 Å². The number of aliphatic hydroxyl groups is 1. The van der Waals surface area contributed by atoms with Gasteiger partial charge in [0.25, 0.3) is 0 Å². The zero-order valence-electron chi connectivity index (χ0n) is 10.7. The van der Waals surface area contributed by atoms with Gasteiger partial charge >= 0.3 is 0 Å². The van der Waals surface area contributed by atoms with Crippen molar-refractivity contribution in [2.24, 2.45) is 5.92 Å². The first-order chi connectivity index (χ1) is 8.29. The summed E-state index contributed by atoms with van der Waals surface area (Å²) in [6.07, 6.45) is 3.56. The van der Waals surface area contributed by atoms with Crippen molar-refractivity contribution in [3.05, 3.63) is 35.4 Å². The van der Waals surface area contributed by atoms with Crippen LogP contribution in [0.25, 0.3) is 0 Å². The van der Waals surface area contributed by atoms with Crippen molar-refractivity contribution in [1.29, 1.82) is 0 Å². The molecule has 2 rings (SSSR count). The van der Waals surface area contributed by atoms with E-state index in [2.05, 4.69) is 36.1 Å². The average Bonchev–Trinajstić information content (AvgIpc) is 2.38. The van der Waals surface area contributed by atoms with E-state index in [0.717, 1.165) is 19.5 Å². The molecule has 1 aliphatic heterocycles. The summed E-state index contributed by atoms with van der Waals surface area (Å²) >= 11 is 0. The molecule has 1 aromatic carbocycles. The summed E-state index contributed by atoms with van der Waals surface area (Å²) < 4.78 is 0. The Kier molecular flexibility index (Phi) is 4.57.